The summed E-state index contributed by atoms with van der Waals surface area (Å²) in [7, 11) is -3.26. The molecule has 1 fully saturated rings. The van der Waals surface area contributed by atoms with Gasteiger partial charge in [-0.1, -0.05) is 6.07 Å². The second kappa shape index (κ2) is 5.57. The van der Waals surface area contributed by atoms with Crippen molar-refractivity contribution in [2.45, 2.75) is 31.3 Å². The Kier molecular flexibility index (Phi) is 4.25. The van der Waals surface area contributed by atoms with E-state index in [4.69, 9.17) is 0 Å². The zero-order chi connectivity index (χ0) is 16.7. The summed E-state index contributed by atoms with van der Waals surface area (Å²) in [6.45, 7) is 3.08. The first-order valence-corrected chi connectivity index (χ1v) is 8.45. The van der Waals surface area contributed by atoms with Gasteiger partial charge in [0.05, 0.1) is 16.6 Å². The molecule has 22 heavy (non-hydrogen) atoms. The smallest absolute Gasteiger partial charge is 0.334 e. The Morgan fingerprint density at radius 3 is 2.50 bits per heavy atom. The predicted molar refractivity (Wildman–Crippen MR) is 75.2 cm³/mol. The Balaban J connectivity index is 2.29. The molecule has 0 bridgehead atoms. The molecule has 2 rings (SSSR count). The van der Waals surface area contributed by atoms with E-state index in [1.165, 1.54) is 24.0 Å². The number of nitrogens with zero attached hydrogens (tertiary/aromatic N) is 1. The maximum Gasteiger partial charge on any atom is 0.416 e. The van der Waals surface area contributed by atoms with Gasteiger partial charge in [-0.25, -0.2) is 8.42 Å². The van der Waals surface area contributed by atoms with E-state index in [9.17, 15) is 26.4 Å². The molecule has 1 amide bonds. The summed E-state index contributed by atoms with van der Waals surface area (Å²) in [4.78, 5) is 13.7. The molecule has 1 saturated heterocycles. The zero-order valence-electron chi connectivity index (χ0n) is 12.1. The van der Waals surface area contributed by atoms with Crippen molar-refractivity contribution >= 4 is 15.7 Å². The lowest BCUT2D eigenvalue weighted by atomic mass is 10.1. The van der Waals surface area contributed by atoms with E-state index in [0.717, 1.165) is 12.1 Å². The molecule has 0 radical (unpaired) electrons. The monoisotopic (exact) mass is 335 g/mol. The van der Waals surface area contributed by atoms with Gasteiger partial charge in [0.25, 0.3) is 5.91 Å². The summed E-state index contributed by atoms with van der Waals surface area (Å²) in [6.07, 6.45) is -4.53. The van der Waals surface area contributed by atoms with Gasteiger partial charge in [-0.3, -0.25) is 4.79 Å². The average Bonchev–Trinajstić information content (AvgIpc) is 2.44. The van der Waals surface area contributed by atoms with Crippen LogP contribution in [-0.2, 0) is 16.0 Å². The van der Waals surface area contributed by atoms with Crippen LogP contribution in [0.5, 0.6) is 0 Å². The highest BCUT2D eigenvalue weighted by Gasteiger charge is 2.38. The first-order valence-electron chi connectivity index (χ1n) is 6.74. The Morgan fingerprint density at radius 1 is 1.27 bits per heavy atom. The molecule has 0 aliphatic carbocycles. The first-order chi connectivity index (χ1) is 10.0. The van der Waals surface area contributed by atoms with Gasteiger partial charge in [-0.15, -0.1) is 0 Å². The van der Waals surface area contributed by atoms with Crippen molar-refractivity contribution in [3.8, 4) is 0 Å². The fraction of sp³-hybridized carbons (Fsp3) is 0.500. The van der Waals surface area contributed by atoms with Gasteiger partial charge in [-0.05, 0) is 32.0 Å². The summed E-state index contributed by atoms with van der Waals surface area (Å²) in [5, 5.41) is -0.740. The quantitative estimate of drug-likeness (QED) is 0.792. The lowest BCUT2D eigenvalue weighted by molar-refractivity contribution is -0.137. The predicted octanol–water partition coefficient (Wildman–Crippen LogP) is 2.35. The molecule has 0 N–H and O–H groups in total. The molecule has 8 heteroatoms. The lowest BCUT2D eigenvalue weighted by Gasteiger charge is -2.37. The number of hydrogen-bond donors (Lipinski definition) is 0. The average molecular weight is 335 g/mol. The standard InChI is InChI=1S/C14H16F3NO3S/c1-9-10(2)22(20,21)7-6-18(9)13(19)11-4-3-5-12(8-11)14(15,16)17/h3-5,8-10H,6-7H2,1-2H3/t9-,10+/m0/s1. The highest BCUT2D eigenvalue weighted by Crippen LogP contribution is 2.30. The first kappa shape index (κ1) is 16.8. The van der Waals surface area contributed by atoms with Crippen molar-refractivity contribution < 1.29 is 26.4 Å². The number of carbonyl (C=O) groups is 1. The van der Waals surface area contributed by atoms with E-state index in [-0.39, 0.29) is 17.9 Å². The largest absolute Gasteiger partial charge is 0.416 e. The number of carbonyl (C=O) groups excluding carboxylic acids is 1. The number of halogens is 3. The van der Waals surface area contributed by atoms with Crippen LogP contribution in [0.4, 0.5) is 13.2 Å². The van der Waals surface area contributed by atoms with Gasteiger partial charge in [0.2, 0.25) is 0 Å². The maximum absolute atomic E-state index is 12.7. The summed E-state index contributed by atoms with van der Waals surface area (Å²) < 4.78 is 61.7. The van der Waals surface area contributed by atoms with Gasteiger partial charge in [-0.2, -0.15) is 13.2 Å². The van der Waals surface area contributed by atoms with E-state index in [1.807, 2.05) is 0 Å². The van der Waals surface area contributed by atoms with Crippen LogP contribution in [0.25, 0.3) is 0 Å². The molecular weight excluding hydrogens is 319 g/mol. The third-order valence-electron chi connectivity index (χ3n) is 4.05. The second-order valence-corrected chi connectivity index (χ2v) is 7.87. The van der Waals surface area contributed by atoms with Crippen molar-refractivity contribution in [1.82, 2.24) is 4.90 Å². The minimum Gasteiger partial charge on any atom is -0.334 e. The molecule has 0 saturated carbocycles. The van der Waals surface area contributed by atoms with E-state index in [0.29, 0.717) is 0 Å². The van der Waals surface area contributed by atoms with E-state index in [2.05, 4.69) is 0 Å². The number of sulfone groups is 1. The molecule has 1 aliphatic heterocycles. The molecular formula is C14H16F3NO3S. The Labute approximate surface area is 126 Å². The van der Waals surface area contributed by atoms with Crippen LogP contribution in [0.15, 0.2) is 24.3 Å². The molecule has 1 heterocycles. The Hall–Kier alpha value is -1.57. The van der Waals surface area contributed by atoms with Crippen molar-refractivity contribution in [1.29, 1.82) is 0 Å². The third-order valence-corrected chi connectivity index (χ3v) is 6.33. The number of rotatable bonds is 1. The van der Waals surface area contributed by atoms with Crippen LogP contribution >= 0.6 is 0 Å². The number of alkyl halides is 3. The normalized spacial score (nSPS) is 25.0. The zero-order valence-corrected chi connectivity index (χ0v) is 12.9. The summed E-state index contributed by atoms with van der Waals surface area (Å²) in [5.41, 5.74) is -0.989. The van der Waals surface area contributed by atoms with Crippen LogP contribution < -0.4 is 0 Å². The summed E-state index contributed by atoms with van der Waals surface area (Å²) in [6, 6.07) is 3.58. The minimum atomic E-state index is -4.53. The maximum atomic E-state index is 12.7. The molecule has 0 spiro atoms. The molecule has 1 aromatic rings. The summed E-state index contributed by atoms with van der Waals surface area (Å²) >= 11 is 0. The fourth-order valence-electron chi connectivity index (χ4n) is 2.45. The van der Waals surface area contributed by atoms with Gasteiger partial charge in [0.15, 0.2) is 9.84 Å². The van der Waals surface area contributed by atoms with Gasteiger partial charge in [0.1, 0.15) is 0 Å². The fourth-order valence-corrected chi connectivity index (χ4v) is 4.02. The second-order valence-electron chi connectivity index (χ2n) is 5.39. The summed E-state index contributed by atoms with van der Waals surface area (Å²) in [5.74, 6) is -0.760. The van der Waals surface area contributed by atoms with Crippen LogP contribution in [0.1, 0.15) is 29.8 Å². The van der Waals surface area contributed by atoms with Crippen LogP contribution in [-0.4, -0.2) is 42.8 Å². The number of benzene rings is 1. The van der Waals surface area contributed by atoms with Crippen LogP contribution in [0.2, 0.25) is 0 Å². The molecule has 1 aromatic carbocycles. The molecule has 2 atom stereocenters. The van der Waals surface area contributed by atoms with Gasteiger partial charge < -0.3 is 4.90 Å². The molecule has 4 nitrogen and oxygen atoms in total. The van der Waals surface area contributed by atoms with Gasteiger partial charge in [0, 0.05) is 18.2 Å². The van der Waals surface area contributed by atoms with Crippen LogP contribution in [0, 0.1) is 0 Å². The Morgan fingerprint density at radius 2 is 1.91 bits per heavy atom. The van der Waals surface area contributed by atoms with Crippen molar-refractivity contribution in [3.05, 3.63) is 35.4 Å². The Bertz CT molecular complexity index is 685. The van der Waals surface area contributed by atoms with Crippen molar-refractivity contribution in [2.75, 3.05) is 12.3 Å². The van der Waals surface area contributed by atoms with E-state index >= 15 is 0 Å². The lowest BCUT2D eigenvalue weighted by Crippen LogP contribution is -2.54. The third kappa shape index (κ3) is 3.11. The minimum absolute atomic E-state index is 0.0110. The molecule has 0 aromatic heterocycles. The highest BCUT2D eigenvalue weighted by molar-refractivity contribution is 7.92. The van der Waals surface area contributed by atoms with Crippen molar-refractivity contribution in [2.24, 2.45) is 0 Å². The van der Waals surface area contributed by atoms with Crippen molar-refractivity contribution in [3.63, 3.8) is 0 Å². The van der Waals surface area contributed by atoms with E-state index in [1.54, 1.807) is 6.92 Å². The van der Waals surface area contributed by atoms with E-state index < -0.39 is 38.8 Å². The SMILES string of the molecule is C[C@@H]1[C@H](C)N(C(=O)c2cccc(C(F)(F)F)c2)CCS1(=O)=O. The number of amides is 1. The molecule has 0 unspecified atom stereocenters. The van der Waals surface area contributed by atoms with Gasteiger partial charge >= 0.3 is 6.18 Å². The number of hydrogen-bond acceptors (Lipinski definition) is 3. The molecule has 122 valence electrons. The molecule has 1 aliphatic rings. The highest BCUT2D eigenvalue weighted by atomic mass is 32.2. The van der Waals surface area contributed by atoms with Crippen LogP contribution in [0.3, 0.4) is 0 Å². The topological polar surface area (TPSA) is 54.5 Å².